The maximum Gasteiger partial charge on any atom is 0.0534 e. The molecule has 1 aromatic rings. The van der Waals surface area contributed by atoms with Gasteiger partial charge in [-0.3, -0.25) is 9.58 Å². The maximum absolute atomic E-state index is 5.82. The minimum atomic E-state index is 0. The third-order valence-electron chi connectivity index (χ3n) is 3.68. The maximum atomic E-state index is 5.82. The second-order valence-electron chi connectivity index (χ2n) is 5.59. The van der Waals surface area contributed by atoms with Crippen molar-refractivity contribution in [3.8, 4) is 0 Å². The summed E-state index contributed by atoms with van der Waals surface area (Å²) in [4.78, 5) is 2.49. The highest BCUT2D eigenvalue weighted by Gasteiger charge is 2.32. The van der Waals surface area contributed by atoms with Crippen LogP contribution in [-0.2, 0) is 13.1 Å². The predicted octanol–water partition coefficient (Wildman–Crippen LogP) is 1.89. The molecule has 1 unspecified atom stereocenters. The molecule has 2 N–H and O–H groups in total. The van der Waals surface area contributed by atoms with Crippen molar-refractivity contribution in [3.05, 3.63) is 18.0 Å². The summed E-state index contributed by atoms with van der Waals surface area (Å²) in [5.41, 5.74) is 7.46. The highest BCUT2D eigenvalue weighted by molar-refractivity contribution is 5.85. The van der Waals surface area contributed by atoms with Gasteiger partial charge < -0.3 is 5.73 Å². The highest BCUT2D eigenvalue weighted by atomic mass is 35.5. The van der Waals surface area contributed by atoms with Crippen molar-refractivity contribution in [1.29, 1.82) is 0 Å². The third-order valence-corrected chi connectivity index (χ3v) is 3.68. The van der Waals surface area contributed by atoms with Crippen LogP contribution >= 0.6 is 12.4 Å². The summed E-state index contributed by atoms with van der Waals surface area (Å²) in [5.74, 6) is 0. The second-order valence-corrected chi connectivity index (χ2v) is 5.59. The van der Waals surface area contributed by atoms with Crippen LogP contribution in [0.4, 0.5) is 0 Å². The Labute approximate surface area is 116 Å². The number of rotatable bonds is 5. The van der Waals surface area contributed by atoms with E-state index in [4.69, 9.17) is 5.73 Å². The van der Waals surface area contributed by atoms with E-state index in [9.17, 15) is 0 Å². The van der Waals surface area contributed by atoms with Gasteiger partial charge in [0.05, 0.1) is 6.20 Å². The molecule has 0 aromatic carbocycles. The van der Waals surface area contributed by atoms with Crippen molar-refractivity contribution < 1.29 is 0 Å². The molecule has 1 aromatic heterocycles. The van der Waals surface area contributed by atoms with Crippen molar-refractivity contribution in [2.75, 3.05) is 19.6 Å². The number of hydrogen-bond acceptors (Lipinski definition) is 3. The number of likely N-dealkylation sites (tertiary alicyclic amines) is 1. The Balaban J connectivity index is 0.00000162. The third kappa shape index (κ3) is 3.70. The largest absolute Gasteiger partial charge is 0.330 e. The van der Waals surface area contributed by atoms with Crippen LogP contribution in [0.5, 0.6) is 0 Å². The minimum Gasteiger partial charge on any atom is -0.330 e. The van der Waals surface area contributed by atoms with Crippen LogP contribution in [0.25, 0.3) is 0 Å². The molecule has 18 heavy (non-hydrogen) atoms. The molecule has 2 heterocycles. The van der Waals surface area contributed by atoms with Gasteiger partial charge in [-0.25, -0.2) is 0 Å². The number of aryl methyl sites for hydroxylation is 1. The SMILES string of the molecule is CCCn1cc(CN2CCC(C)(CN)C2)cn1.Cl. The van der Waals surface area contributed by atoms with E-state index >= 15 is 0 Å². The molecule has 104 valence electrons. The Bertz CT molecular complexity index is 366. The van der Waals surface area contributed by atoms with E-state index in [1.54, 1.807) is 0 Å². The van der Waals surface area contributed by atoms with E-state index in [0.29, 0.717) is 5.41 Å². The monoisotopic (exact) mass is 272 g/mol. The number of halogens is 1. The summed E-state index contributed by atoms with van der Waals surface area (Å²) in [6.07, 6.45) is 6.51. The second kappa shape index (κ2) is 6.55. The summed E-state index contributed by atoms with van der Waals surface area (Å²) in [7, 11) is 0. The lowest BCUT2D eigenvalue weighted by molar-refractivity contribution is 0.274. The number of aromatic nitrogens is 2. The lowest BCUT2D eigenvalue weighted by Gasteiger charge is -2.22. The van der Waals surface area contributed by atoms with Crippen molar-refractivity contribution >= 4 is 12.4 Å². The summed E-state index contributed by atoms with van der Waals surface area (Å²) >= 11 is 0. The fourth-order valence-corrected chi connectivity index (χ4v) is 2.53. The van der Waals surface area contributed by atoms with Crippen LogP contribution in [0.1, 0.15) is 32.3 Å². The zero-order chi connectivity index (χ0) is 12.3. The molecule has 1 saturated heterocycles. The van der Waals surface area contributed by atoms with Gasteiger partial charge in [0.1, 0.15) is 0 Å². The van der Waals surface area contributed by atoms with Gasteiger partial charge >= 0.3 is 0 Å². The highest BCUT2D eigenvalue weighted by Crippen LogP contribution is 2.29. The summed E-state index contributed by atoms with van der Waals surface area (Å²) in [5, 5.41) is 4.37. The molecule has 0 aliphatic carbocycles. The van der Waals surface area contributed by atoms with Gasteiger partial charge in [-0.1, -0.05) is 13.8 Å². The van der Waals surface area contributed by atoms with E-state index < -0.39 is 0 Å². The van der Waals surface area contributed by atoms with Crippen LogP contribution in [0.3, 0.4) is 0 Å². The van der Waals surface area contributed by atoms with E-state index in [2.05, 4.69) is 30.0 Å². The van der Waals surface area contributed by atoms with Crippen molar-refractivity contribution in [2.24, 2.45) is 11.1 Å². The predicted molar refractivity (Wildman–Crippen MR) is 76.8 cm³/mol. The van der Waals surface area contributed by atoms with Gasteiger partial charge in [0.15, 0.2) is 0 Å². The number of hydrogen-bond donors (Lipinski definition) is 1. The van der Waals surface area contributed by atoms with E-state index in [1.165, 1.54) is 12.0 Å². The first-order valence-electron chi connectivity index (χ1n) is 6.59. The summed E-state index contributed by atoms with van der Waals surface area (Å²) < 4.78 is 2.04. The molecule has 4 nitrogen and oxygen atoms in total. The van der Waals surface area contributed by atoms with Crippen LogP contribution < -0.4 is 5.73 Å². The van der Waals surface area contributed by atoms with Crippen LogP contribution in [0, 0.1) is 5.41 Å². The first kappa shape index (κ1) is 15.5. The van der Waals surface area contributed by atoms with Gasteiger partial charge in [-0.15, -0.1) is 12.4 Å². The lowest BCUT2D eigenvalue weighted by atomic mass is 9.90. The molecule has 1 atom stereocenters. The molecule has 0 bridgehead atoms. The molecule has 1 aliphatic heterocycles. The quantitative estimate of drug-likeness (QED) is 0.890. The smallest absolute Gasteiger partial charge is 0.0534 e. The fourth-order valence-electron chi connectivity index (χ4n) is 2.53. The van der Waals surface area contributed by atoms with Crippen molar-refractivity contribution in [3.63, 3.8) is 0 Å². The molecule has 5 heteroatoms. The molecular formula is C13H25ClN4. The Morgan fingerprint density at radius 1 is 1.50 bits per heavy atom. The van der Waals surface area contributed by atoms with Crippen LogP contribution in [-0.4, -0.2) is 34.3 Å². The molecule has 1 fully saturated rings. The van der Waals surface area contributed by atoms with E-state index in [1.807, 2.05) is 10.9 Å². The molecule has 1 aliphatic rings. The van der Waals surface area contributed by atoms with Gasteiger partial charge in [-0.05, 0) is 31.3 Å². The van der Waals surface area contributed by atoms with E-state index in [-0.39, 0.29) is 12.4 Å². The summed E-state index contributed by atoms with van der Waals surface area (Å²) in [6.45, 7) is 9.55. The van der Waals surface area contributed by atoms with Gasteiger partial charge in [0.2, 0.25) is 0 Å². The van der Waals surface area contributed by atoms with Gasteiger partial charge in [-0.2, -0.15) is 5.10 Å². The minimum absolute atomic E-state index is 0. The van der Waals surface area contributed by atoms with Crippen LogP contribution in [0.15, 0.2) is 12.4 Å². The van der Waals surface area contributed by atoms with E-state index in [0.717, 1.165) is 39.1 Å². The average molecular weight is 273 g/mol. The van der Waals surface area contributed by atoms with Crippen molar-refractivity contribution in [1.82, 2.24) is 14.7 Å². The molecule has 0 saturated carbocycles. The molecule has 0 amide bonds. The Hall–Kier alpha value is -0.580. The number of nitrogens with zero attached hydrogens (tertiary/aromatic N) is 3. The Morgan fingerprint density at radius 3 is 2.89 bits per heavy atom. The molecular weight excluding hydrogens is 248 g/mol. The standard InChI is InChI=1S/C13H24N4.ClH/c1-3-5-17-9-12(7-15-17)8-16-6-4-13(2,10-14)11-16;/h7,9H,3-6,8,10-11,14H2,1-2H3;1H. The topological polar surface area (TPSA) is 47.1 Å². The van der Waals surface area contributed by atoms with Gasteiger partial charge in [0.25, 0.3) is 0 Å². The zero-order valence-electron chi connectivity index (χ0n) is 11.4. The Morgan fingerprint density at radius 2 is 2.28 bits per heavy atom. The fraction of sp³-hybridized carbons (Fsp3) is 0.769. The average Bonchev–Trinajstić information content (AvgIpc) is 2.89. The lowest BCUT2D eigenvalue weighted by Crippen LogP contribution is -2.31. The van der Waals surface area contributed by atoms with Crippen LogP contribution in [0.2, 0.25) is 0 Å². The molecule has 2 rings (SSSR count). The summed E-state index contributed by atoms with van der Waals surface area (Å²) in [6, 6.07) is 0. The first-order chi connectivity index (χ1) is 8.15. The molecule has 0 spiro atoms. The first-order valence-corrected chi connectivity index (χ1v) is 6.59. The van der Waals surface area contributed by atoms with Gasteiger partial charge in [0, 0.05) is 31.4 Å². The van der Waals surface area contributed by atoms with Crippen molar-refractivity contribution in [2.45, 2.75) is 39.8 Å². The normalized spacial score (nSPS) is 24.2. The molecule has 0 radical (unpaired) electrons. The number of nitrogens with two attached hydrogens (primary N) is 1. The zero-order valence-corrected chi connectivity index (χ0v) is 12.2. The Kier molecular flexibility index (Phi) is 5.63.